The molecule has 0 aliphatic rings. The Bertz CT molecular complexity index is 297. The highest BCUT2D eigenvalue weighted by atomic mass is 127. The van der Waals surface area contributed by atoms with Crippen molar-refractivity contribution in [2.24, 2.45) is 4.99 Å². The maximum Gasteiger partial charge on any atom is 0.242 e. The fourth-order valence-electron chi connectivity index (χ4n) is 1.78. The molecule has 0 rings (SSSR count). The monoisotopic (exact) mass is 414 g/mol. The summed E-state index contributed by atoms with van der Waals surface area (Å²) in [5.74, 6) is 0.862. The minimum absolute atomic E-state index is 0. The second-order valence-electron chi connectivity index (χ2n) is 4.35. The summed E-state index contributed by atoms with van der Waals surface area (Å²) >= 11 is 0. The normalized spacial score (nSPS) is 10.8. The van der Waals surface area contributed by atoms with Crippen LogP contribution < -0.4 is 5.32 Å². The van der Waals surface area contributed by atoms with E-state index in [-0.39, 0.29) is 29.9 Å². The van der Waals surface area contributed by atoms with E-state index in [1.165, 1.54) is 0 Å². The summed E-state index contributed by atoms with van der Waals surface area (Å²) in [6.45, 7) is 12.4. The topological polar surface area (TPSA) is 57.2 Å². The first kappa shape index (κ1) is 22.7. The van der Waals surface area contributed by atoms with Crippen LogP contribution in [0.2, 0.25) is 0 Å². The quantitative estimate of drug-likeness (QED) is 0.268. The van der Waals surface area contributed by atoms with Crippen molar-refractivity contribution in [1.29, 1.82) is 0 Å². The van der Waals surface area contributed by atoms with Gasteiger partial charge in [0.2, 0.25) is 5.91 Å². The number of carbonyl (C=O) groups excluding carboxylic acids is 1. The van der Waals surface area contributed by atoms with Gasteiger partial charge in [-0.05, 0) is 27.7 Å². The van der Waals surface area contributed by atoms with E-state index in [1.807, 2.05) is 44.5 Å². The highest BCUT2D eigenvalue weighted by Crippen LogP contribution is 1.94. The van der Waals surface area contributed by atoms with Crippen molar-refractivity contribution in [1.82, 2.24) is 15.1 Å². The van der Waals surface area contributed by atoms with Crippen LogP contribution in [0.1, 0.15) is 27.7 Å². The third kappa shape index (κ3) is 9.89. The van der Waals surface area contributed by atoms with Crippen LogP contribution in [-0.4, -0.2) is 74.7 Å². The zero-order chi connectivity index (χ0) is 15.4. The average molecular weight is 414 g/mol. The van der Waals surface area contributed by atoms with Crippen LogP contribution in [0.15, 0.2) is 4.99 Å². The van der Waals surface area contributed by atoms with E-state index in [0.717, 1.165) is 25.6 Å². The molecular formula is C14H31IN4O2. The molecule has 0 heterocycles. The number of hydrogen-bond acceptors (Lipinski definition) is 3. The van der Waals surface area contributed by atoms with Crippen molar-refractivity contribution in [3.05, 3.63) is 0 Å². The first-order chi connectivity index (χ1) is 9.60. The third-order valence-corrected chi connectivity index (χ3v) is 2.89. The Labute approximate surface area is 146 Å². The molecule has 0 aliphatic carbocycles. The number of aliphatic imine (C=N–C) groups is 1. The standard InChI is InChI=1S/C14H30N4O2.HI/c1-6-15-14(16-10-11-20-9-4)17(5)12-13(19)18(7-2)8-3;/h6-12H2,1-5H3,(H,15,16);1H. The molecule has 0 radical (unpaired) electrons. The molecule has 0 aromatic heterocycles. The van der Waals surface area contributed by atoms with Gasteiger partial charge in [0.25, 0.3) is 0 Å². The van der Waals surface area contributed by atoms with Gasteiger partial charge in [-0.3, -0.25) is 9.79 Å². The average Bonchev–Trinajstić information content (AvgIpc) is 2.43. The van der Waals surface area contributed by atoms with Gasteiger partial charge < -0.3 is 19.9 Å². The molecule has 0 aromatic carbocycles. The number of halogens is 1. The molecule has 0 aliphatic heterocycles. The Balaban J connectivity index is 0. The van der Waals surface area contributed by atoms with Crippen LogP contribution in [0, 0.1) is 0 Å². The molecule has 0 atom stereocenters. The number of hydrogen-bond donors (Lipinski definition) is 1. The van der Waals surface area contributed by atoms with Gasteiger partial charge in [-0.15, -0.1) is 24.0 Å². The molecule has 0 fully saturated rings. The van der Waals surface area contributed by atoms with Crippen molar-refractivity contribution in [2.45, 2.75) is 27.7 Å². The molecule has 0 saturated heterocycles. The van der Waals surface area contributed by atoms with Crippen molar-refractivity contribution in [2.75, 3.05) is 53.0 Å². The van der Waals surface area contributed by atoms with Crippen molar-refractivity contribution in [3.8, 4) is 0 Å². The number of guanidine groups is 1. The molecule has 6 nitrogen and oxygen atoms in total. The minimum atomic E-state index is 0. The van der Waals surface area contributed by atoms with Crippen LogP contribution in [-0.2, 0) is 9.53 Å². The molecule has 126 valence electrons. The second-order valence-corrected chi connectivity index (χ2v) is 4.35. The van der Waals surface area contributed by atoms with E-state index >= 15 is 0 Å². The summed E-state index contributed by atoms with van der Waals surface area (Å²) in [7, 11) is 1.88. The number of likely N-dealkylation sites (N-methyl/N-ethyl adjacent to an activating group) is 2. The lowest BCUT2D eigenvalue weighted by molar-refractivity contribution is -0.131. The maximum atomic E-state index is 12.1. The zero-order valence-electron chi connectivity index (χ0n) is 14.0. The molecule has 0 unspecified atom stereocenters. The second kappa shape index (κ2) is 14.4. The lowest BCUT2D eigenvalue weighted by Crippen LogP contribution is -2.45. The lowest BCUT2D eigenvalue weighted by Gasteiger charge is -2.25. The van der Waals surface area contributed by atoms with Crippen molar-refractivity contribution < 1.29 is 9.53 Å². The summed E-state index contributed by atoms with van der Waals surface area (Å²) in [5, 5.41) is 3.19. The Morgan fingerprint density at radius 2 is 1.81 bits per heavy atom. The smallest absolute Gasteiger partial charge is 0.242 e. The van der Waals surface area contributed by atoms with Crippen LogP contribution in [0.4, 0.5) is 0 Å². The number of nitrogens with one attached hydrogen (secondary N) is 1. The fourth-order valence-corrected chi connectivity index (χ4v) is 1.78. The molecule has 7 heteroatoms. The predicted octanol–water partition coefficient (Wildman–Crippen LogP) is 1.41. The molecular weight excluding hydrogens is 383 g/mol. The van der Waals surface area contributed by atoms with Gasteiger partial charge in [0.1, 0.15) is 0 Å². The summed E-state index contributed by atoms with van der Waals surface area (Å²) in [4.78, 5) is 20.2. The van der Waals surface area contributed by atoms with Gasteiger partial charge in [0, 0.05) is 33.3 Å². The Morgan fingerprint density at radius 1 is 1.19 bits per heavy atom. The van der Waals surface area contributed by atoms with Gasteiger partial charge in [-0.1, -0.05) is 0 Å². The third-order valence-electron chi connectivity index (χ3n) is 2.89. The summed E-state index contributed by atoms with van der Waals surface area (Å²) in [6, 6.07) is 0. The molecule has 21 heavy (non-hydrogen) atoms. The predicted molar refractivity (Wildman–Crippen MR) is 98.4 cm³/mol. The summed E-state index contributed by atoms with van der Waals surface area (Å²) in [5.41, 5.74) is 0. The van der Waals surface area contributed by atoms with Gasteiger partial charge >= 0.3 is 0 Å². The van der Waals surface area contributed by atoms with Crippen LogP contribution in [0.25, 0.3) is 0 Å². The van der Waals surface area contributed by atoms with E-state index < -0.39 is 0 Å². The fraction of sp³-hybridized carbons (Fsp3) is 0.857. The van der Waals surface area contributed by atoms with Crippen molar-refractivity contribution in [3.63, 3.8) is 0 Å². The molecule has 1 amide bonds. The highest BCUT2D eigenvalue weighted by molar-refractivity contribution is 14.0. The van der Waals surface area contributed by atoms with E-state index in [2.05, 4.69) is 10.3 Å². The molecule has 0 spiro atoms. The van der Waals surface area contributed by atoms with E-state index in [0.29, 0.717) is 26.3 Å². The number of carbonyl (C=O) groups is 1. The van der Waals surface area contributed by atoms with Crippen LogP contribution >= 0.6 is 24.0 Å². The molecule has 0 saturated carbocycles. The molecule has 1 N–H and O–H groups in total. The minimum Gasteiger partial charge on any atom is -0.380 e. The highest BCUT2D eigenvalue weighted by Gasteiger charge is 2.14. The maximum absolute atomic E-state index is 12.1. The number of rotatable bonds is 9. The van der Waals surface area contributed by atoms with E-state index in [9.17, 15) is 4.79 Å². The number of amides is 1. The van der Waals surface area contributed by atoms with Crippen molar-refractivity contribution >= 4 is 35.8 Å². The van der Waals surface area contributed by atoms with Gasteiger partial charge in [-0.25, -0.2) is 0 Å². The van der Waals surface area contributed by atoms with Crippen LogP contribution in [0.5, 0.6) is 0 Å². The lowest BCUT2D eigenvalue weighted by atomic mass is 10.4. The zero-order valence-corrected chi connectivity index (χ0v) is 16.3. The molecule has 0 bridgehead atoms. The Kier molecular flexibility index (Phi) is 15.5. The SMILES string of the molecule is CCNC(=NCCOCC)N(C)CC(=O)N(CC)CC.I. The number of ether oxygens (including phenoxy) is 1. The Morgan fingerprint density at radius 3 is 2.29 bits per heavy atom. The summed E-state index contributed by atoms with van der Waals surface area (Å²) in [6.07, 6.45) is 0. The largest absolute Gasteiger partial charge is 0.380 e. The number of nitrogens with zero attached hydrogens (tertiary/aromatic N) is 3. The summed E-state index contributed by atoms with van der Waals surface area (Å²) < 4.78 is 5.27. The first-order valence-electron chi connectivity index (χ1n) is 7.45. The van der Waals surface area contributed by atoms with Gasteiger partial charge in [-0.2, -0.15) is 0 Å². The van der Waals surface area contributed by atoms with Crippen LogP contribution in [0.3, 0.4) is 0 Å². The van der Waals surface area contributed by atoms with E-state index in [4.69, 9.17) is 4.74 Å². The van der Waals surface area contributed by atoms with Gasteiger partial charge in [0.05, 0.1) is 19.7 Å². The molecule has 0 aromatic rings. The Hall–Kier alpha value is -0.570. The van der Waals surface area contributed by atoms with Gasteiger partial charge in [0.15, 0.2) is 5.96 Å². The van der Waals surface area contributed by atoms with E-state index in [1.54, 1.807) is 0 Å². The first-order valence-corrected chi connectivity index (χ1v) is 7.45.